The van der Waals surface area contributed by atoms with E-state index >= 15 is 0 Å². The highest BCUT2D eigenvalue weighted by Gasteiger charge is 2.17. The van der Waals surface area contributed by atoms with Gasteiger partial charge in [-0.15, -0.1) is 0 Å². The van der Waals surface area contributed by atoms with Gasteiger partial charge in [0, 0.05) is 11.0 Å². The van der Waals surface area contributed by atoms with Gasteiger partial charge in [-0.25, -0.2) is 0 Å². The Labute approximate surface area is 82.7 Å². The van der Waals surface area contributed by atoms with Crippen LogP contribution in [0.2, 0.25) is 0 Å². The van der Waals surface area contributed by atoms with Crippen molar-refractivity contribution in [3.63, 3.8) is 0 Å². The van der Waals surface area contributed by atoms with Crippen molar-refractivity contribution in [2.45, 2.75) is 31.2 Å². The van der Waals surface area contributed by atoms with E-state index in [4.69, 9.17) is 10.2 Å². The lowest BCUT2D eigenvalue weighted by Crippen LogP contribution is -2.37. The molecule has 0 aliphatic heterocycles. The van der Waals surface area contributed by atoms with Gasteiger partial charge in [0.25, 0.3) is 0 Å². The lowest BCUT2D eigenvalue weighted by Gasteiger charge is -2.16. The first-order chi connectivity index (χ1) is 5.99. The molecule has 0 bridgehead atoms. The number of likely N-dealkylation sites (N-methyl/N-ethyl adjacent to an activating group) is 1. The Balaban J connectivity index is 3.78. The fraction of sp³-hybridized carbons (Fsp3) is 0.875. The summed E-state index contributed by atoms with van der Waals surface area (Å²) < 4.78 is 0. The number of carboxylic acid groups (broad SMARTS) is 1. The second-order valence-corrected chi connectivity index (χ2v) is 4.37. The average Bonchev–Trinajstić information content (AvgIpc) is 2.04. The van der Waals surface area contributed by atoms with Crippen LogP contribution in [0, 0.1) is 0 Å². The highest BCUT2D eigenvalue weighted by Crippen LogP contribution is 2.15. The van der Waals surface area contributed by atoms with Crippen molar-refractivity contribution in [1.82, 2.24) is 5.32 Å². The molecule has 3 atom stereocenters. The van der Waals surface area contributed by atoms with Crippen LogP contribution in [-0.2, 0) is 4.79 Å². The third-order valence-corrected chi connectivity index (χ3v) is 3.30. The lowest BCUT2D eigenvalue weighted by molar-refractivity contribution is -0.138. The van der Waals surface area contributed by atoms with Crippen LogP contribution in [0.25, 0.3) is 0 Å². The topological polar surface area (TPSA) is 69.6 Å². The summed E-state index contributed by atoms with van der Waals surface area (Å²) in [4.78, 5) is 10.6. The van der Waals surface area contributed by atoms with E-state index < -0.39 is 18.1 Å². The molecule has 5 heteroatoms. The van der Waals surface area contributed by atoms with E-state index in [1.54, 1.807) is 14.0 Å². The Morgan fingerprint density at radius 1 is 1.54 bits per heavy atom. The number of hydrogen-bond donors (Lipinski definition) is 3. The van der Waals surface area contributed by atoms with Crippen LogP contribution in [0.1, 0.15) is 13.8 Å². The van der Waals surface area contributed by atoms with Gasteiger partial charge in [-0.1, -0.05) is 6.92 Å². The Hall–Kier alpha value is -0.260. The SMILES string of the molecule is CNC(CSC(C)C(C)O)C(=O)O. The number of rotatable bonds is 6. The van der Waals surface area contributed by atoms with Crippen LogP contribution in [0.3, 0.4) is 0 Å². The standard InChI is InChI=1S/C8H17NO3S/c1-5(10)6(2)13-4-7(9-3)8(11)12/h5-7,9-10H,4H2,1-3H3,(H,11,12). The first-order valence-corrected chi connectivity index (χ1v) is 5.23. The second-order valence-electron chi connectivity index (χ2n) is 2.96. The van der Waals surface area contributed by atoms with Crippen molar-refractivity contribution in [3.05, 3.63) is 0 Å². The van der Waals surface area contributed by atoms with Gasteiger partial charge >= 0.3 is 5.97 Å². The Bertz CT molecular complexity index is 163. The van der Waals surface area contributed by atoms with Crippen LogP contribution in [0.15, 0.2) is 0 Å². The Morgan fingerprint density at radius 2 is 2.08 bits per heavy atom. The zero-order valence-electron chi connectivity index (χ0n) is 8.15. The monoisotopic (exact) mass is 207 g/mol. The summed E-state index contributed by atoms with van der Waals surface area (Å²) in [5.41, 5.74) is 0. The number of thioether (sulfide) groups is 1. The maximum atomic E-state index is 10.6. The van der Waals surface area contributed by atoms with Crippen molar-refractivity contribution in [3.8, 4) is 0 Å². The largest absolute Gasteiger partial charge is 0.480 e. The molecule has 0 fully saturated rings. The predicted octanol–water partition coefficient (Wildman–Crippen LogP) is 0.161. The number of nitrogens with one attached hydrogen (secondary N) is 1. The summed E-state index contributed by atoms with van der Waals surface area (Å²) in [6, 6.07) is -0.536. The molecule has 3 unspecified atom stereocenters. The van der Waals surface area contributed by atoms with Gasteiger partial charge in [0.2, 0.25) is 0 Å². The molecule has 13 heavy (non-hydrogen) atoms. The molecule has 0 saturated heterocycles. The van der Waals surface area contributed by atoms with Crippen LogP contribution in [-0.4, -0.2) is 46.4 Å². The molecule has 0 amide bonds. The molecular weight excluding hydrogens is 190 g/mol. The summed E-state index contributed by atoms with van der Waals surface area (Å²) in [6.45, 7) is 3.58. The fourth-order valence-electron chi connectivity index (χ4n) is 0.665. The number of hydrogen-bond acceptors (Lipinski definition) is 4. The molecule has 0 radical (unpaired) electrons. The van der Waals surface area contributed by atoms with E-state index in [0.29, 0.717) is 5.75 Å². The third kappa shape index (κ3) is 5.13. The van der Waals surface area contributed by atoms with Crippen molar-refractivity contribution in [1.29, 1.82) is 0 Å². The number of aliphatic hydroxyl groups is 1. The predicted molar refractivity (Wildman–Crippen MR) is 54.1 cm³/mol. The summed E-state index contributed by atoms with van der Waals surface area (Å²) in [5, 5.41) is 20.6. The number of carboxylic acids is 1. The number of aliphatic hydroxyl groups excluding tert-OH is 1. The van der Waals surface area contributed by atoms with Gasteiger partial charge in [-0.3, -0.25) is 4.79 Å². The van der Waals surface area contributed by atoms with E-state index in [-0.39, 0.29) is 5.25 Å². The smallest absolute Gasteiger partial charge is 0.321 e. The van der Waals surface area contributed by atoms with Crippen LogP contribution >= 0.6 is 11.8 Å². The minimum absolute atomic E-state index is 0.0650. The maximum Gasteiger partial charge on any atom is 0.321 e. The minimum Gasteiger partial charge on any atom is -0.480 e. The number of carbonyl (C=O) groups is 1. The van der Waals surface area contributed by atoms with E-state index in [9.17, 15) is 4.79 Å². The van der Waals surface area contributed by atoms with Crippen LogP contribution < -0.4 is 5.32 Å². The second kappa shape index (κ2) is 6.23. The highest BCUT2D eigenvalue weighted by atomic mass is 32.2. The van der Waals surface area contributed by atoms with Crippen molar-refractivity contribution in [2.24, 2.45) is 0 Å². The summed E-state index contributed by atoms with van der Waals surface area (Å²) >= 11 is 1.45. The van der Waals surface area contributed by atoms with E-state index in [0.717, 1.165) is 0 Å². The molecule has 0 aromatic rings. The van der Waals surface area contributed by atoms with E-state index in [2.05, 4.69) is 5.32 Å². The first-order valence-electron chi connectivity index (χ1n) is 4.18. The van der Waals surface area contributed by atoms with Crippen LogP contribution in [0.5, 0.6) is 0 Å². The number of aliphatic carboxylic acids is 1. The van der Waals surface area contributed by atoms with E-state index in [1.165, 1.54) is 11.8 Å². The normalized spacial score (nSPS) is 17.8. The van der Waals surface area contributed by atoms with Crippen LogP contribution in [0.4, 0.5) is 0 Å². The summed E-state index contributed by atoms with van der Waals surface area (Å²) in [7, 11) is 1.62. The molecule has 0 aromatic heterocycles. The van der Waals surface area contributed by atoms with Gasteiger partial charge in [-0.05, 0) is 14.0 Å². The minimum atomic E-state index is -0.854. The zero-order valence-corrected chi connectivity index (χ0v) is 8.97. The van der Waals surface area contributed by atoms with Crippen molar-refractivity contribution >= 4 is 17.7 Å². The molecule has 0 aromatic carbocycles. The molecule has 3 N–H and O–H groups in total. The Kier molecular flexibility index (Phi) is 6.11. The molecule has 78 valence electrons. The maximum absolute atomic E-state index is 10.6. The fourth-order valence-corrected chi connectivity index (χ4v) is 1.75. The van der Waals surface area contributed by atoms with Crippen molar-refractivity contribution < 1.29 is 15.0 Å². The van der Waals surface area contributed by atoms with Gasteiger partial charge < -0.3 is 15.5 Å². The molecular formula is C8H17NO3S. The lowest BCUT2D eigenvalue weighted by atomic mass is 10.3. The third-order valence-electron chi connectivity index (χ3n) is 1.85. The first kappa shape index (κ1) is 12.7. The highest BCUT2D eigenvalue weighted by molar-refractivity contribution is 8.00. The molecule has 4 nitrogen and oxygen atoms in total. The van der Waals surface area contributed by atoms with Gasteiger partial charge in [-0.2, -0.15) is 11.8 Å². The van der Waals surface area contributed by atoms with Gasteiger partial charge in [0.05, 0.1) is 6.10 Å². The average molecular weight is 207 g/mol. The summed E-state index contributed by atoms with van der Waals surface area (Å²) in [5.74, 6) is -0.384. The molecule has 0 heterocycles. The molecule has 0 rings (SSSR count). The molecule has 0 aliphatic carbocycles. The molecule has 0 aliphatic rings. The molecule has 0 saturated carbocycles. The van der Waals surface area contributed by atoms with Crippen molar-refractivity contribution in [2.75, 3.05) is 12.8 Å². The quantitative estimate of drug-likeness (QED) is 0.579. The van der Waals surface area contributed by atoms with Gasteiger partial charge in [0.15, 0.2) is 0 Å². The van der Waals surface area contributed by atoms with Gasteiger partial charge in [0.1, 0.15) is 6.04 Å². The Morgan fingerprint density at radius 3 is 2.38 bits per heavy atom. The molecule has 0 spiro atoms. The van der Waals surface area contributed by atoms with E-state index in [1.807, 2.05) is 6.92 Å². The zero-order chi connectivity index (χ0) is 10.4. The summed E-state index contributed by atoms with van der Waals surface area (Å²) in [6.07, 6.45) is -0.406.